The van der Waals surface area contributed by atoms with Crippen LogP contribution in [0.4, 0.5) is 5.69 Å². The number of nitrogen functional groups attached to an aromatic ring is 1. The van der Waals surface area contributed by atoms with E-state index >= 15 is 0 Å². The second-order valence-electron chi connectivity index (χ2n) is 5.63. The molecule has 1 unspecified atom stereocenters. The normalized spacial score (nSPS) is 21.4. The zero-order valence-electron chi connectivity index (χ0n) is 10.7. The van der Waals surface area contributed by atoms with Crippen molar-refractivity contribution in [2.24, 2.45) is 5.92 Å². The number of nitrogens with one attached hydrogen (secondary N) is 2. The quantitative estimate of drug-likeness (QED) is 0.759. The molecule has 0 radical (unpaired) electrons. The van der Waals surface area contributed by atoms with Crippen LogP contribution in [0.15, 0.2) is 0 Å². The molecule has 0 spiro atoms. The minimum atomic E-state index is -0.143. The number of hydrogen-bond acceptors (Lipinski definition) is 3. The first kappa shape index (κ1) is 11.6. The summed E-state index contributed by atoms with van der Waals surface area (Å²) in [5, 5.41) is 9.99. The number of amides is 1. The van der Waals surface area contributed by atoms with Gasteiger partial charge in [0, 0.05) is 12.0 Å². The van der Waals surface area contributed by atoms with Gasteiger partial charge in [0.1, 0.15) is 0 Å². The van der Waals surface area contributed by atoms with E-state index in [2.05, 4.69) is 22.4 Å². The van der Waals surface area contributed by atoms with Crippen molar-refractivity contribution < 1.29 is 4.79 Å². The molecule has 1 aromatic rings. The Hall–Kier alpha value is -1.52. The zero-order valence-corrected chi connectivity index (χ0v) is 10.7. The third-order valence-electron chi connectivity index (χ3n) is 4.25. The molecular weight excluding hydrogens is 228 g/mol. The Kier molecular flexibility index (Phi) is 2.76. The minimum absolute atomic E-state index is 0.143. The Morgan fingerprint density at radius 1 is 1.44 bits per heavy atom. The molecule has 1 heterocycles. The molecule has 4 N–H and O–H groups in total. The van der Waals surface area contributed by atoms with Crippen LogP contribution in [0, 0.1) is 5.92 Å². The summed E-state index contributed by atoms with van der Waals surface area (Å²) in [6.45, 7) is 2.06. The lowest BCUT2D eigenvalue weighted by Crippen LogP contribution is -2.41. The van der Waals surface area contributed by atoms with Gasteiger partial charge in [-0.05, 0) is 38.5 Å². The summed E-state index contributed by atoms with van der Waals surface area (Å²) >= 11 is 0. The molecule has 3 rings (SSSR count). The van der Waals surface area contributed by atoms with Crippen molar-refractivity contribution in [3.05, 3.63) is 11.4 Å². The van der Waals surface area contributed by atoms with Crippen LogP contribution >= 0.6 is 0 Å². The molecule has 2 aliphatic rings. The first-order valence-electron chi connectivity index (χ1n) is 6.81. The van der Waals surface area contributed by atoms with E-state index in [0.29, 0.717) is 23.2 Å². The van der Waals surface area contributed by atoms with Gasteiger partial charge < -0.3 is 11.1 Å². The van der Waals surface area contributed by atoms with E-state index < -0.39 is 0 Å². The van der Waals surface area contributed by atoms with Crippen LogP contribution in [0.2, 0.25) is 0 Å². The van der Waals surface area contributed by atoms with Gasteiger partial charge >= 0.3 is 0 Å². The molecule has 2 aliphatic carbocycles. The summed E-state index contributed by atoms with van der Waals surface area (Å²) < 4.78 is 0. The number of aromatic nitrogens is 2. The SMILES string of the molecule is CC(NC(=O)c1n[nH]c(C2CC2)c1N)C1CCC1. The number of carbonyl (C=O) groups excluding carboxylic acids is 1. The van der Waals surface area contributed by atoms with E-state index in [0.717, 1.165) is 18.5 Å². The predicted molar refractivity (Wildman–Crippen MR) is 69.2 cm³/mol. The van der Waals surface area contributed by atoms with Crippen molar-refractivity contribution in [3.8, 4) is 0 Å². The van der Waals surface area contributed by atoms with E-state index in [-0.39, 0.29) is 11.9 Å². The Bertz CT molecular complexity index is 460. The van der Waals surface area contributed by atoms with Crippen LogP contribution in [-0.4, -0.2) is 22.1 Å². The molecule has 1 aromatic heterocycles. The highest BCUT2D eigenvalue weighted by molar-refractivity contribution is 5.97. The summed E-state index contributed by atoms with van der Waals surface area (Å²) in [4.78, 5) is 12.1. The van der Waals surface area contributed by atoms with Gasteiger partial charge in [-0.15, -0.1) is 0 Å². The molecule has 18 heavy (non-hydrogen) atoms. The van der Waals surface area contributed by atoms with Crippen molar-refractivity contribution in [1.29, 1.82) is 0 Å². The predicted octanol–water partition coefficient (Wildman–Crippen LogP) is 1.79. The Morgan fingerprint density at radius 2 is 2.17 bits per heavy atom. The Labute approximate surface area is 107 Å². The number of carbonyl (C=O) groups is 1. The Balaban J connectivity index is 1.67. The van der Waals surface area contributed by atoms with Crippen molar-refractivity contribution >= 4 is 11.6 Å². The molecule has 0 bridgehead atoms. The standard InChI is InChI=1S/C13H20N4O/c1-7(8-3-2-4-8)15-13(18)12-10(14)11(16-17-12)9-5-6-9/h7-9H,2-6,14H2,1H3,(H,15,18)(H,16,17). The fourth-order valence-corrected chi connectivity index (χ4v) is 2.55. The maximum atomic E-state index is 12.1. The third-order valence-corrected chi connectivity index (χ3v) is 4.25. The van der Waals surface area contributed by atoms with E-state index in [4.69, 9.17) is 5.73 Å². The monoisotopic (exact) mass is 248 g/mol. The van der Waals surface area contributed by atoms with Crippen LogP contribution in [0.5, 0.6) is 0 Å². The summed E-state index contributed by atoms with van der Waals surface area (Å²) in [6.07, 6.45) is 5.99. The van der Waals surface area contributed by atoms with Crippen molar-refractivity contribution in [2.45, 2.75) is 51.0 Å². The van der Waals surface area contributed by atoms with Gasteiger partial charge in [0.15, 0.2) is 5.69 Å². The van der Waals surface area contributed by atoms with Gasteiger partial charge in [0.2, 0.25) is 0 Å². The van der Waals surface area contributed by atoms with E-state index in [9.17, 15) is 4.79 Å². The highest BCUT2D eigenvalue weighted by atomic mass is 16.2. The number of rotatable bonds is 4. The number of anilines is 1. The van der Waals surface area contributed by atoms with Crippen molar-refractivity contribution in [3.63, 3.8) is 0 Å². The second kappa shape index (κ2) is 4.30. The molecule has 2 saturated carbocycles. The first-order valence-corrected chi connectivity index (χ1v) is 6.81. The van der Waals surface area contributed by atoms with Crippen LogP contribution in [-0.2, 0) is 0 Å². The average molecular weight is 248 g/mol. The van der Waals surface area contributed by atoms with Gasteiger partial charge in [-0.3, -0.25) is 9.89 Å². The van der Waals surface area contributed by atoms with Gasteiger partial charge in [0.25, 0.3) is 5.91 Å². The molecule has 1 amide bonds. The second-order valence-corrected chi connectivity index (χ2v) is 5.63. The molecular formula is C13H20N4O. The molecule has 0 aliphatic heterocycles. The zero-order chi connectivity index (χ0) is 12.7. The van der Waals surface area contributed by atoms with Crippen LogP contribution in [0.25, 0.3) is 0 Å². The van der Waals surface area contributed by atoms with Gasteiger partial charge in [0.05, 0.1) is 11.4 Å². The topological polar surface area (TPSA) is 83.8 Å². The van der Waals surface area contributed by atoms with Crippen LogP contribution in [0.1, 0.15) is 61.1 Å². The summed E-state index contributed by atoms with van der Waals surface area (Å²) in [5.74, 6) is 0.968. The number of H-pyrrole nitrogens is 1. The maximum Gasteiger partial charge on any atom is 0.274 e. The van der Waals surface area contributed by atoms with E-state index in [1.807, 2.05) is 0 Å². The third kappa shape index (κ3) is 1.98. The van der Waals surface area contributed by atoms with E-state index in [1.165, 1.54) is 19.3 Å². The molecule has 5 nitrogen and oxygen atoms in total. The average Bonchev–Trinajstić information content (AvgIpc) is 2.99. The smallest absolute Gasteiger partial charge is 0.274 e. The summed E-state index contributed by atoms with van der Waals surface area (Å²) in [5.41, 5.74) is 7.83. The van der Waals surface area contributed by atoms with E-state index in [1.54, 1.807) is 0 Å². The number of nitrogens with two attached hydrogens (primary N) is 1. The number of aromatic amines is 1. The highest BCUT2D eigenvalue weighted by Crippen LogP contribution is 2.42. The summed E-state index contributed by atoms with van der Waals surface area (Å²) in [6, 6.07) is 0.215. The lowest BCUT2D eigenvalue weighted by molar-refractivity contribution is 0.0905. The lowest BCUT2D eigenvalue weighted by Gasteiger charge is -2.31. The number of nitrogens with zero attached hydrogens (tertiary/aromatic N) is 1. The summed E-state index contributed by atoms with van der Waals surface area (Å²) in [7, 11) is 0. The largest absolute Gasteiger partial charge is 0.395 e. The number of hydrogen-bond donors (Lipinski definition) is 3. The van der Waals surface area contributed by atoms with Crippen molar-refractivity contribution in [2.75, 3.05) is 5.73 Å². The first-order chi connectivity index (χ1) is 8.66. The van der Waals surface area contributed by atoms with Crippen LogP contribution < -0.4 is 11.1 Å². The molecule has 5 heteroatoms. The fourth-order valence-electron chi connectivity index (χ4n) is 2.55. The minimum Gasteiger partial charge on any atom is -0.395 e. The highest BCUT2D eigenvalue weighted by Gasteiger charge is 2.31. The van der Waals surface area contributed by atoms with Crippen molar-refractivity contribution in [1.82, 2.24) is 15.5 Å². The van der Waals surface area contributed by atoms with Gasteiger partial charge in [-0.25, -0.2) is 0 Å². The molecule has 0 aromatic carbocycles. The Morgan fingerprint density at radius 3 is 2.72 bits per heavy atom. The van der Waals surface area contributed by atoms with Gasteiger partial charge in [-0.2, -0.15) is 5.10 Å². The van der Waals surface area contributed by atoms with Crippen LogP contribution in [0.3, 0.4) is 0 Å². The van der Waals surface area contributed by atoms with Gasteiger partial charge in [-0.1, -0.05) is 6.42 Å². The molecule has 2 fully saturated rings. The fraction of sp³-hybridized carbons (Fsp3) is 0.692. The molecule has 1 atom stereocenters. The maximum absolute atomic E-state index is 12.1. The molecule has 0 saturated heterocycles. The molecule has 98 valence electrons. The lowest BCUT2D eigenvalue weighted by atomic mass is 9.80.